The molecule has 3 nitrogen and oxygen atoms in total. The summed E-state index contributed by atoms with van der Waals surface area (Å²) in [5.74, 6) is 0.878. The van der Waals surface area contributed by atoms with Gasteiger partial charge in [0, 0.05) is 13.1 Å². The molecule has 0 saturated heterocycles. The van der Waals surface area contributed by atoms with Crippen LogP contribution in [0.5, 0.6) is 0 Å². The van der Waals surface area contributed by atoms with E-state index in [-0.39, 0.29) is 0 Å². The number of hydrogen-bond acceptors (Lipinski definition) is 3. The maximum absolute atomic E-state index is 5.80. The zero-order valence-electron chi connectivity index (χ0n) is 12.6. The van der Waals surface area contributed by atoms with Crippen molar-refractivity contribution in [3.8, 4) is 0 Å². The molecule has 0 amide bonds. The summed E-state index contributed by atoms with van der Waals surface area (Å²) in [4.78, 5) is 2.22. The van der Waals surface area contributed by atoms with Gasteiger partial charge in [-0.2, -0.15) is 0 Å². The average molecular weight is 322 g/mol. The van der Waals surface area contributed by atoms with Crippen LogP contribution in [-0.2, 0) is 0 Å². The second-order valence-electron chi connectivity index (χ2n) is 5.70. The van der Waals surface area contributed by atoms with Crippen molar-refractivity contribution in [1.82, 2.24) is 10.2 Å². The van der Waals surface area contributed by atoms with E-state index in [1.165, 1.54) is 21.9 Å². The lowest BCUT2D eigenvalue weighted by Crippen LogP contribution is -2.29. The molecule has 0 unspecified atom stereocenters. The molecule has 1 aliphatic rings. The van der Waals surface area contributed by atoms with E-state index in [0.717, 1.165) is 25.3 Å². The van der Waals surface area contributed by atoms with Crippen LogP contribution >= 0.6 is 11.6 Å². The van der Waals surface area contributed by atoms with Crippen molar-refractivity contribution >= 4 is 33.8 Å². The van der Waals surface area contributed by atoms with Gasteiger partial charge in [-0.15, -0.1) is 10.2 Å². The van der Waals surface area contributed by atoms with E-state index in [2.05, 4.69) is 63.6 Å². The maximum atomic E-state index is 5.80. The summed E-state index contributed by atoms with van der Waals surface area (Å²) in [5, 5.41) is 11.1. The van der Waals surface area contributed by atoms with Crippen LogP contribution in [0.25, 0.3) is 16.3 Å². The Morgan fingerprint density at radius 2 is 1.78 bits per heavy atom. The fourth-order valence-electron chi connectivity index (χ4n) is 3.01. The average Bonchev–Trinajstić information content (AvgIpc) is 2.62. The van der Waals surface area contributed by atoms with E-state index in [9.17, 15) is 0 Å². The standard InChI is InChI=1S/C19H16ClN3/c20-18-7-8-19(22-21-18)23-11-9-15(10-12-23)17-6-5-14-3-1-2-4-16(14)13-17/h1-9,13H,10-12H2. The van der Waals surface area contributed by atoms with Gasteiger partial charge < -0.3 is 4.90 Å². The van der Waals surface area contributed by atoms with Crippen molar-refractivity contribution in [3.63, 3.8) is 0 Å². The number of benzene rings is 2. The van der Waals surface area contributed by atoms with Gasteiger partial charge >= 0.3 is 0 Å². The molecule has 0 spiro atoms. The van der Waals surface area contributed by atoms with Gasteiger partial charge in [0.15, 0.2) is 11.0 Å². The Hall–Kier alpha value is -2.39. The molecule has 0 aliphatic carbocycles. The topological polar surface area (TPSA) is 29.0 Å². The van der Waals surface area contributed by atoms with Gasteiger partial charge in [-0.1, -0.05) is 54.1 Å². The molecule has 0 radical (unpaired) electrons. The van der Waals surface area contributed by atoms with Crippen LogP contribution in [0.3, 0.4) is 0 Å². The van der Waals surface area contributed by atoms with Crippen LogP contribution in [0, 0.1) is 0 Å². The first-order valence-electron chi connectivity index (χ1n) is 7.72. The molecular formula is C19H16ClN3. The van der Waals surface area contributed by atoms with Crippen LogP contribution in [0.4, 0.5) is 5.82 Å². The molecule has 1 aliphatic heterocycles. The molecule has 1 aromatic heterocycles. The lowest BCUT2D eigenvalue weighted by atomic mass is 9.97. The molecule has 0 N–H and O–H groups in total. The highest BCUT2D eigenvalue weighted by Gasteiger charge is 2.15. The number of nitrogens with zero attached hydrogens (tertiary/aromatic N) is 3. The van der Waals surface area contributed by atoms with E-state index in [1.807, 2.05) is 6.07 Å². The maximum Gasteiger partial charge on any atom is 0.151 e. The van der Waals surface area contributed by atoms with Gasteiger partial charge in [0.1, 0.15) is 0 Å². The molecule has 2 heterocycles. The Labute approximate surface area is 140 Å². The third kappa shape index (κ3) is 2.92. The summed E-state index contributed by atoms with van der Waals surface area (Å²) < 4.78 is 0. The van der Waals surface area contributed by atoms with E-state index < -0.39 is 0 Å². The number of anilines is 1. The zero-order valence-corrected chi connectivity index (χ0v) is 13.4. The molecule has 0 atom stereocenters. The predicted molar refractivity (Wildman–Crippen MR) is 95.8 cm³/mol. The van der Waals surface area contributed by atoms with Gasteiger partial charge in [-0.25, -0.2) is 0 Å². The summed E-state index contributed by atoms with van der Waals surface area (Å²) in [6, 6.07) is 18.9. The normalized spacial score (nSPS) is 14.8. The number of hydrogen-bond donors (Lipinski definition) is 0. The van der Waals surface area contributed by atoms with Gasteiger partial charge in [0.05, 0.1) is 0 Å². The number of fused-ring (bicyclic) bond motifs is 1. The van der Waals surface area contributed by atoms with Gasteiger partial charge in [0.25, 0.3) is 0 Å². The van der Waals surface area contributed by atoms with Crippen molar-refractivity contribution in [2.45, 2.75) is 6.42 Å². The third-order valence-corrected chi connectivity index (χ3v) is 4.47. The minimum absolute atomic E-state index is 0.429. The quantitative estimate of drug-likeness (QED) is 0.692. The monoisotopic (exact) mass is 321 g/mol. The van der Waals surface area contributed by atoms with Crippen LogP contribution in [0.15, 0.2) is 60.7 Å². The van der Waals surface area contributed by atoms with E-state index in [1.54, 1.807) is 6.07 Å². The Morgan fingerprint density at radius 1 is 0.913 bits per heavy atom. The third-order valence-electron chi connectivity index (χ3n) is 4.27. The zero-order chi connectivity index (χ0) is 15.6. The molecule has 3 aromatic rings. The smallest absolute Gasteiger partial charge is 0.151 e. The molecular weight excluding hydrogens is 306 g/mol. The predicted octanol–water partition coefficient (Wildman–Crippen LogP) is 4.58. The summed E-state index contributed by atoms with van der Waals surface area (Å²) in [7, 11) is 0. The summed E-state index contributed by atoms with van der Waals surface area (Å²) in [5.41, 5.74) is 2.71. The van der Waals surface area contributed by atoms with Crippen LogP contribution in [-0.4, -0.2) is 23.3 Å². The fraction of sp³-hybridized carbons (Fsp3) is 0.158. The summed E-state index contributed by atoms with van der Waals surface area (Å²) in [6.07, 6.45) is 3.28. The Balaban J connectivity index is 1.57. The first-order valence-corrected chi connectivity index (χ1v) is 8.10. The summed E-state index contributed by atoms with van der Waals surface area (Å²) >= 11 is 5.80. The molecule has 4 heteroatoms. The largest absolute Gasteiger partial charge is 0.351 e. The highest BCUT2D eigenvalue weighted by atomic mass is 35.5. The van der Waals surface area contributed by atoms with E-state index in [0.29, 0.717) is 5.15 Å². The minimum Gasteiger partial charge on any atom is -0.351 e. The summed E-state index contributed by atoms with van der Waals surface area (Å²) in [6.45, 7) is 1.79. The molecule has 4 rings (SSSR count). The van der Waals surface area contributed by atoms with E-state index >= 15 is 0 Å². The lowest BCUT2D eigenvalue weighted by Gasteiger charge is -2.27. The molecule has 2 aromatic carbocycles. The number of aromatic nitrogens is 2. The SMILES string of the molecule is Clc1ccc(N2CC=C(c3ccc4ccccc4c3)CC2)nn1. The molecule has 23 heavy (non-hydrogen) atoms. The van der Waals surface area contributed by atoms with Crippen LogP contribution in [0.2, 0.25) is 5.15 Å². The molecule has 0 saturated carbocycles. The van der Waals surface area contributed by atoms with Crippen LogP contribution in [0.1, 0.15) is 12.0 Å². The number of halogens is 1. The van der Waals surface area contributed by atoms with Crippen molar-refractivity contribution in [1.29, 1.82) is 0 Å². The minimum atomic E-state index is 0.429. The highest BCUT2D eigenvalue weighted by Crippen LogP contribution is 2.27. The lowest BCUT2D eigenvalue weighted by molar-refractivity contribution is 0.800. The van der Waals surface area contributed by atoms with E-state index in [4.69, 9.17) is 11.6 Å². The van der Waals surface area contributed by atoms with Gasteiger partial charge in [-0.3, -0.25) is 0 Å². The molecule has 0 bridgehead atoms. The second-order valence-corrected chi connectivity index (χ2v) is 6.09. The van der Waals surface area contributed by atoms with Crippen molar-refractivity contribution in [2.24, 2.45) is 0 Å². The Kier molecular flexibility index (Phi) is 3.72. The van der Waals surface area contributed by atoms with Gasteiger partial charge in [-0.05, 0) is 46.5 Å². The second kappa shape index (κ2) is 6.01. The van der Waals surface area contributed by atoms with Crippen molar-refractivity contribution < 1.29 is 0 Å². The molecule has 114 valence electrons. The van der Waals surface area contributed by atoms with Crippen molar-refractivity contribution in [3.05, 3.63) is 71.4 Å². The Morgan fingerprint density at radius 3 is 2.52 bits per heavy atom. The van der Waals surface area contributed by atoms with Gasteiger partial charge in [0.2, 0.25) is 0 Å². The fourth-order valence-corrected chi connectivity index (χ4v) is 3.11. The highest BCUT2D eigenvalue weighted by molar-refractivity contribution is 6.29. The molecule has 0 fully saturated rings. The van der Waals surface area contributed by atoms with Crippen LogP contribution < -0.4 is 4.90 Å². The number of rotatable bonds is 2. The first kappa shape index (κ1) is 14.2. The van der Waals surface area contributed by atoms with Crippen molar-refractivity contribution in [2.75, 3.05) is 18.0 Å². The first-order chi connectivity index (χ1) is 11.3. The Bertz CT molecular complexity index is 871.